The molecule has 0 aromatic heterocycles. The number of hydrogen-bond acceptors (Lipinski definition) is 3. The molecule has 0 rings (SSSR count). The summed E-state index contributed by atoms with van der Waals surface area (Å²) in [7, 11) is -7.32. The molecule has 0 saturated carbocycles. The van der Waals surface area contributed by atoms with E-state index in [1.165, 1.54) is 18.8 Å². The second-order valence-corrected chi connectivity index (χ2v) is 7.35. The molecule has 0 bridgehead atoms. The number of rotatable bonds is 3. The summed E-state index contributed by atoms with van der Waals surface area (Å²) in [6.45, 7) is 6.37. The van der Waals surface area contributed by atoms with E-state index in [0.29, 0.717) is 0 Å². The minimum atomic E-state index is -4.80. The van der Waals surface area contributed by atoms with Gasteiger partial charge in [-0.2, -0.15) is 8.42 Å². The molecular formula is C4H9FO3SSi. The molecule has 0 aromatic carbocycles. The normalized spacial score (nSPS) is 13.1. The van der Waals surface area contributed by atoms with E-state index in [9.17, 15) is 12.3 Å². The van der Waals surface area contributed by atoms with E-state index in [1.807, 2.05) is 0 Å². The third kappa shape index (κ3) is 4.65. The second-order valence-electron chi connectivity index (χ2n) is 2.28. The fraction of sp³-hybridized carbons (Fsp3) is 0.500. The highest BCUT2D eigenvalue weighted by molar-refractivity contribution is 7.82. The van der Waals surface area contributed by atoms with Crippen molar-refractivity contribution in [3.63, 3.8) is 0 Å². The molecule has 0 atom stereocenters. The highest BCUT2D eigenvalue weighted by Gasteiger charge is 2.25. The van der Waals surface area contributed by atoms with Crippen molar-refractivity contribution < 1.29 is 16.2 Å². The summed E-state index contributed by atoms with van der Waals surface area (Å²) >= 11 is 0. The van der Waals surface area contributed by atoms with Crippen LogP contribution in [0.1, 0.15) is 0 Å². The quantitative estimate of drug-likeness (QED) is 0.488. The van der Waals surface area contributed by atoms with Crippen molar-refractivity contribution in [3.05, 3.63) is 12.3 Å². The first-order chi connectivity index (χ1) is 4.27. The average molecular weight is 184 g/mol. The predicted octanol–water partition coefficient (Wildman–Crippen LogP) is 1.15. The maximum Gasteiger partial charge on any atom is 0.428 e. The third-order valence-corrected chi connectivity index (χ3v) is 4.30. The number of halogens is 1. The molecule has 0 aliphatic rings. The van der Waals surface area contributed by atoms with E-state index in [-0.39, 0.29) is 0 Å². The van der Waals surface area contributed by atoms with Crippen LogP contribution in [-0.4, -0.2) is 16.7 Å². The zero-order valence-corrected chi connectivity index (χ0v) is 7.61. The standard InChI is InChI=1S/C4H9FO3SSi/c1-4-10(2,3)8-9(5,6)7/h4H,1H2,2-3H3. The topological polar surface area (TPSA) is 43.4 Å². The van der Waals surface area contributed by atoms with Gasteiger partial charge in [-0.05, 0) is 13.1 Å². The monoisotopic (exact) mass is 184 g/mol. The van der Waals surface area contributed by atoms with Crippen molar-refractivity contribution in [3.8, 4) is 0 Å². The van der Waals surface area contributed by atoms with Gasteiger partial charge in [-0.3, -0.25) is 3.87 Å². The van der Waals surface area contributed by atoms with Crippen LogP contribution in [0.2, 0.25) is 13.1 Å². The molecule has 0 heterocycles. The maximum atomic E-state index is 11.8. The van der Waals surface area contributed by atoms with Gasteiger partial charge in [-0.25, -0.2) is 0 Å². The molecule has 6 heteroatoms. The molecule has 0 spiro atoms. The SMILES string of the molecule is C=C[Si](C)(C)OS(=O)(=O)F. The molecule has 60 valence electrons. The van der Waals surface area contributed by atoms with Crippen LogP contribution in [0.4, 0.5) is 3.89 Å². The Morgan fingerprint density at radius 3 is 2.10 bits per heavy atom. The zero-order valence-electron chi connectivity index (χ0n) is 5.80. The van der Waals surface area contributed by atoms with Gasteiger partial charge >= 0.3 is 10.5 Å². The second kappa shape index (κ2) is 2.81. The van der Waals surface area contributed by atoms with Crippen LogP contribution in [0.5, 0.6) is 0 Å². The van der Waals surface area contributed by atoms with E-state index in [1.54, 1.807) is 0 Å². The first kappa shape index (κ1) is 9.80. The molecule has 0 aliphatic carbocycles. The summed E-state index contributed by atoms with van der Waals surface area (Å²) in [5.41, 5.74) is 1.34. The summed E-state index contributed by atoms with van der Waals surface area (Å²) in [6, 6.07) is 0. The Labute approximate surface area is 61.1 Å². The molecule has 10 heavy (non-hydrogen) atoms. The van der Waals surface area contributed by atoms with Gasteiger partial charge in [0, 0.05) is 0 Å². The summed E-state index contributed by atoms with van der Waals surface area (Å²) in [4.78, 5) is 0. The molecule has 0 saturated heterocycles. The zero-order chi connectivity index (χ0) is 8.41. The van der Waals surface area contributed by atoms with Crippen molar-refractivity contribution in [2.45, 2.75) is 13.1 Å². The molecule has 0 amide bonds. The van der Waals surface area contributed by atoms with Crippen molar-refractivity contribution in [2.75, 3.05) is 0 Å². The minimum absolute atomic E-state index is 1.34. The van der Waals surface area contributed by atoms with Gasteiger partial charge in [0.15, 0.2) is 0 Å². The van der Waals surface area contributed by atoms with Crippen molar-refractivity contribution in [1.82, 2.24) is 0 Å². The van der Waals surface area contributed by atoms with Gasteiger partial charge in [-0.15, -0.1) is 6.58 Å². The van der Waals surface area contributed by atoms with E-state index in [4.69, 9.17) is 0 Å². The van der Waals surface area contributed by atoms with E-state index in [0.717, 1.165) is 0 Å². The Morgan fingerprint density at radius 1 is 1.60 bits per heavy atom. The minimum Gasteiger partial charge on any atom is -0.286 e. The molecular weight excluding hydrogens is 175 g/mol. The Bertz CT molecular complexity index is 221. The van der Waals surface area contributed by atoms with Gasteiger partial charge in [0.25, 0.3) is 0 Å². The summed E-state index contributed by atoms with van der Waals surface area (Å²) in [5.74, 6) is 0. The van der Waals surface area contributed by atoms with E-state index in [2.05, 4.69) is 10.5 Å². The summed E-state index contributed by atoms with van der Waals surface area (Å²) < 4.78 is 35.7. The molecule has 0 aromatic rings. The van der Waals surface area contributed by atoms with E-state index >= 15 is 0 Å². The largest absolute Gasteiger partial charge is 0.428 e. The molecule has 0 N–H and O–H groups in total. The third-order valence-electron chi connectivity index (χ3n) is 0.806. The van der Waals surface area contributed by atoms with Gasteiger partial charge in [0.05, 0.1) is 0 Å². The smallest absolute Gasteiger partial charge is 0.286 e. The fourth-order valence-corrected chi connectivity index (χ4v) is 2.62. The molecule has 0 radical (unpaired) electrons. The Balaban J connectivity index is 4.30. The molecule has 0 unspecified atom stereocenters. The summed E-state index contributed by atoms with van der Waals surface area (Å²) in [5, 5.41) is 0. The van der Waals surface area contributed by atoms with Crippen molar-refractivity contribution >= 4 is 18.8 Å². The lowest BCUT2D eigenvalue weighted by Gasteiger charge is -2.12. The van der Waals surface area contributed by atoms with Crippen LogP contribution in [0, 0.1) is 0 Å². The van der Waals surface area contributed by atoms with Crippen LogP contribution in [-0.2, 0) is 14.4 Å². The van der Waals surface area contributed by atoms with Crippen LogP contribution >= 0.6 is 0 Å². The van der Waals surface area contributed by atoms with Gasteiger partial charge < -0.3 is 0 Å². The highest BCUT2D eigenvalue weighted by atomic mass is 32.3. The lowest BCUT2D eigenvalue weighted by molar-refractivity contribution is 0.441. The summed E-state index contributed by atoms with van der Waals surface area (Å²) in [6.07, 6.45) is 0. The maximum absolute atomic E-state index is 11.8. The first-order valence-corrected chi connectivity index (χ1v) is 6.85. The van der Waals surface area contributed by atoms with Crippen LogP contribution in [0.15, 0.2) is 12.3 Å². The Morgan fingerprint density at radius 2 is 2.00 bits per heavy atom. The lowest BCUT2D eigenvalue weighted by atomic mass is 11.3. The molecule has 0 fully saturated rings. The Hall–Kier alpha value is -0.203. The van der Waals surface area contributed by atoms with Crippen molar-refractivity contribution in [1.29, 1.82) is 0 Å². The highest BCUT2D eigenvalue weighted by Crippen LogP contribution is 2.10. The Kier molecular flexibility index (Phi) is 2.75. The van der Waals surface area contributed by atoms with Crippen LogP contribution < -0.4 is 0 Å². The number of hydrogen-bond donors (Lipinski definition) is 0. The first-order valence-electron chi connectivity index (χ1n) is 2.56. The fourth-order valence-electron chi connectivity index (χ4n) is 0.291. The van der Waals surface area contributed by atoms with Crippen molar-refractivity contribution in [2.24, 2.45) is 0 Å². The van der Waals surface area contributed by atoms with Crippen LogP contribution in [0.25, 0.3) is 0 Å². The molecule has 0 aliphatic heterocycles. The van der Waals surface area contributed by atoms with Crippen LogP contribution in [0.3, 0.4) is 0 Å². The predicted molar refractivity (Wildman–Crippen MR) is 38.8 cm³/mol. The van der Waals surface area contributed by atoms with Gasteiger partial charge in [0.2, 0.25) is 8.32 Å². The van der Waals surface area contributed by atoms with E-state index < -0.39 is 18.8 Å². The lowest BCUT2D eigenvalue weighted by Crippen LogP contribution is -2.29. The van der Waals surface area contributed by atoms with Gasteiger partial charge in [-0.1, -0.05) is 9.59 Å². The molecule has 3 nitrogen and oxygen atoms in total. The average Bonchev–Trinajstić information content (AvgIpc) is 1.60. The van der Waals surface area contributed by atoms with Gasteiger partial charge in [0.1, 0.15) is 0 Å².